The summed E-state index contributed by atoms with van der Waals surface area (Å²) in [5.74, 6) is 0. The largest absolute Gasteiger partial charge is 0.243 e. The monoisotopic (exact) mass is 384 g/mol. The summed E-state index contributed by atoms with van der Waals surface area (Å²) in [5.41, 5.74) is 0.980. The molecule has 1 aromatic heterocycles. The summed E-state index contributed by atoms with van der Waals surface area (Å²) >= 11 is 36.0. The van der Waals surface area contributed by atoms with Crippen LogP contribution in [0.1, 0.15) is 5.56 Å². The zero-order chi connectivity index (χ0) is 15.0. The first kappa shape index (κ1) is 16.0. The number of nitriles is 1. The van der Waals surface area contributed by atoms with E-state index in [9.17, 15) is 0 Å². The molecule has 0 radical (unpaired) electrons. The van der Waals surface area contributed by atoms with E-state index in [-0.39, 0.29) is 35.8 Å². The van der Waals surface area contributed by atoms with E-state index in [1.54, 1.807) is 0 Å². The third-order valence-corrected chi connectivity index (χ3v) is 5.04. The minimum absolute atomic E-state index is 0.0644. The summed E-state index contributed by atoms with van der Waals surface area (Å²) in [6.07, 6.45) is 1.41. The predicted octanol–water partition coefficient (Wildman–Crippen LogP) is 6.54. The lowest BCUT2D eigenvalue weighted by Gasteiger charge is -2.12. The molecule has 0 saturated carbocycles. The molecule has 102 valence electrons. The van der Waals surface area contributed by atoms with Gasteiger partial charge in [0.05, 0.1) is 30.7 Å². The molecule has 2 nitrogen and oxygen atoms in total. The first-order valence-electron chi connectivity index (χ1n) is 4.96. The Labute approximate surface area is 144 Å². The lowest BCUT2D eigenvalue weighted by atomic mass is 10.1. The van der Waals surface area contributed by atoms with Gasteiger partial charge in [-0.15, -0.1) is 0 Å². The van der Waals surface area contributed by atoms with Gasteiger partial charge in [0.1, 0.15) is 11.2 Å². The van der Waals surface area contributed by atoms with Crippen molar-refractivity contribution < 1.29 is 0 Å². The van der Waals surface area contributed by atoms with Crippen molar-refractivity contribution >= 4 is 69.6 Å². The highest BCUT2D eigenvalue weighted by Gasteiger charge is 2.21. The van der Waals surface area contributed by atoms with Crippen LogP contribution in [-0.4, -0.2) is 4.98 Å². The highest BCUT2D eigenvalue weighted by atomic mass is 35.5. The van der Waals surface area contributed by atoms with Crippen LogP contribution in [-0.2, 0) is 0 Å². The van der Waals surface area contributed by atoms with E-state index in [2.05, 4.69) is 4.98 Å². The lowest BCUT2D eigenvalue weighted by Crippen LogP contribution is -1.90. The van der Waals surface area contributed by atoms with Gasteiger partial charge in [-0.2, -0.15) is 5.26 Å². The number of benzene rings is 1. The SMILES string of the molecule is N#Cc1cc(-c2c(Cl)c(Cl)c(Cl)c(Cl)c2Cl)cnc1Cl. The van der Waals surface area contributed by atoms with Crippen LogP contribution >= 0.6 is 69.6 Å². The fourth-order valence-electron chi connectivity index (χ4n) is 1.52. The molecule has 0 aliphatic carbocycles. The summed E-state index contributed by atoms with van der Waals surface area (Å²) < 4.78 is 0. The van der Waals surface area contributed by atoms with Gasteiger partial charge in [0.2, 0.25) is 0 Å². The fraction of sp³-hybridized carbons (Fsp3) is 0. The normalized spacial score (nSPS) is 10.4. The molecule has 20 heavy (non-hydrogen) atoms. The Bertz CT molecular complexity index is 722. The van der Waals surface area contributed by atoms with Crippen LogP contribution in [0.5, 0.6) is 0 Å². The predicted molar refractivity (Wildman–Crippen MR) is 84.4 cm³/mol. The van der Waals surface area contributed by atoms with E-state index < -0.39 is 0 Å². The van der Waals surface area contributed by atoms with Gasteiger partial charge >= 0.3 is 0 Å². The number of halogens is 6. The smallest absolute Gasteiger partial charge is 0.146 e. The molecule has 0 N–H and O–H groups in total. The summed E-state index contributed by atoms with van der Waals surface area (Å²) in [4.78, 5) is 3.90. The number of rotatable bonds is 1. The quantitative estimate of drug-likeness (QED) is 0.317. The number of pyridine rings is 1. The van der Waals surface area contributed by atoms with Crippen LogP contribution in [0, 0.1) is 11.3 Å². The maximum atomic E-state index is 8.97. The molecule has 1 heterocycles. The van der Waals surface area contributed by atoms with Crippen molar-refractivity contribution in [2.45, 2.75) is 0 Å². The summed E-state index contributed by atoms with van der Waals surface area (Å²) in [6, 6.07) is 3.40. The van der Waals surface area contributed by atoms with Crippen molar-refractivity contribution in [2.24, 2.45) is 0 Å². The van der Waals surface area contributed by atoms with Gasteiger partial charge in [0.15, 0.2) is 0 Å². The maximum Gasteiger partial charge on any atom is 0.146 e. The van der Waals surface area contributed by atoms with Gasteiger partial charge in [0, 0.05) is 17.3 Å². The van der Waals surface area contributed by atoms with Crippen LogP contribution < -0.4 is 0 Å². The summed E-state index contributed by atoms with van der Waals surface area (Å²) in [7, 11) is 0. The van der Waals surface area contributed by atoms with Crippen LogP contribution in [0.25, 0.3) is 11.1 Å². The third kappa shape index (κ3) is 2.67. The maximum absolute atomic E-state index is 8.97. The van der Waals surface area contributed by atoms with E-state index in [4.69, 9.17) is 74.9 Å². The standard InChI is InChI=1S/C12H2Cl6N2/c13-7-6(8(14)10(16)11(17)9(7)15)5-1-4(2-19)12(18)20-3-5/h1,3H. The molecule has 8 heteroatoms. The molecular formula is C12H2Cl6N2. The Morgan fingerprint density at radius 2 is 1.35 bits per heavy atom. The van der Waals surface area contributed by atoms with Crippen LogP contribution in [0.2, 0.25) is 30.3 Å². The van der Waals surface area contributed by atoms with Gasteiger partial charge < -0.3 is 0 Å². The zero-order valence-corrected chi connectivity index (χ0v) is 13.9. The first-order valence-corrected chi connectivity index (χ1v) is 7.22. The van der Waals surface area contributed by atoms with Crippen molar-refractivity contribution in [3.63, 3.8) is 0 Å². The topological polar surface area (TPSA) is 36.7 Å². The second-order valence-electron chi connectivity index (χ2n) is 3.62. The highest BCUT2D eigenvalue weighted by Crippen LogP contribution is 2.48. The highest BCUT2D eigenvalue weighted by molar-refractivity contribution is 6.56. The minimum atomic E-state index is 0.0644. The van der Waals surface area contributed by atoms with E-state index in [1.807, 2.05) is 6.07 Å². The molecule has 0 amide bonds. The molecule has 0 aliphatic heterocycles. The average molecular weight is 387 g/mol. The minimum Gasteiger partial charge on any atom is -0.243 e. The molecule has 0 fully saturated rings. The van der Waals surface area contributed by atoms with Gasteiger partial charge in [-0.25, -0.2) is 4.98 Å². The van der Waals surface area contributed by atoms with Crippen molar-refractivity contribution in [3.05, 3.63) is 48.1 Å². The van der Waals surface area contributed by atoms with Crippen molar-refractivity contribution in [2.75, 3.05) is 0 Å². The number of nitrogens with zero attached hydrogens (tertiary/aromatic N) is 2. The number of hydrogen-bond acceptors (Lipinski definition) is 2. The lowest BCUT2D eigenvalue weighted by molar-refractivity contribution is 1.30. The van der Waals surface area contributed by atoms with Crippen molar-refractivity contribution in [1.82, 2.24) is 4.98 Å². The van der Waals surface area contributed by atoms with Gasteiger partial charge in [-0.05, 0) is 6.07 Å². The molecular weight excluding hydrogens is 385 g/mol. The second kappa shape index (κ2) is 6.15. The Morgan fingerprint density at radius 1 is 0.850 bits per heavy atom. The summed E-state index contributed by atoms with van der Waals surface area (Å²) in [6.45, 7) is 0. The van der Waals surface area contributed by atoms with E-state index in [0.29, 0.717) is 11.1 Å². The molecule has 0 spiro atoms. The molecule has 0 aliphatic rings. The van der Waals surface area contributed by atoms with Crippen LogP contribution in [0.15, 0.2) is 12.3 Å². The third-order valence-electron chi connectivity index (χ3n) is 2.46. The molecule has 0 atom stereocenters. The van der Waals surface area contributed by atoms with E-state index in [0.717, 1.165) is 0 Å². The molecule has 2 rings (SSSR count). The van der Waals surface area contributed by atoms with Gasteiger partial charge in [0.25, 0.3) is 0 Å². The second-order valence-corrected chi connectivity index (χ2v) is 5.87. The Hall–Kier alpha value is -0.400. The Morgan fingerprint density at radius 3 is 1.85 bits per heavy atom. The van der Waals surface area contributed by atoms with Crippen molar-refractivity contribution in [3.8, 4) is 17.2 Å². The first-order chi connectivity index (χ1) is 9.38. The van der Waals surface area contributed by atoms with Gasteiger partial charge in [-0.1, -0.05) is 69.6 Å². The van der Waals surface area contributed by atoms with E-state index >= 15 is 0 Å². The summed E-state index contributed by atoms with van der Waals surface area (Å²) in [5, 5.41) is 9.51. The van der Waals surface area contributed by atoms with Crippen LogP contribution in [0.4, 0.5) is 0 Å². The Kier molecular flexibility index (Phi) is 4.92. The van der Waals surface area contributed by atoms with Crippen LogP contribution in [0.3, 0.4) is 0 Å². The Balaban J connectivity index is 2.81. The average Bonchev–Trinajstić information content (AvgIpc) is 2.45. The molecule has 0 unspecified atom stereocenters. The van der Waals surface area contributed by atoms with Gasteiger partial charge in [-0.3, -0.25) is 0 Å². The fourth-order valence-corrected chi connectivity index (χ4v) is 3.02. The number of hydrogen-bond donors (Lipinski definition) is 0. The van der Waals surface area contributed by atoms with E-state index in [1.165, 1.54) is 12.3 Å². The van der Waals surface area contributed by atoms with Crippen molar-refractivity contribution in [1.29, 1.82) is 5.26 Å². The molecule has 0 bridgehead atoms. The molecule has 0 saturated heterocycles. The molecule has 1 aromatic carbocycles. The zero-order valence-electron chi connectivity index (χ0n) is 9.32. The molecule has 2 aromatic rings. The number of aromatic nitrogens is 1.